The third-order valence-electron chi connectivity index (χ3n) is 3.45. The predicted octanol–water partition coefficient (Wildman–Crippen LogP) is 4.05. The second-order valence-electron chi connectivity index (χ2n) is 5.30. The number of hydrogen-bond acceptors (Lipinski definition) is 2. The largest absolute Gasteiger partial charge is 0.333 e. The minimum absolute atomic E-state index is 0.0399. The summed E-state index contributed by atoms with van der Waals surface area (Å²) in [6, 6.07) is 7.23. The van der Waals surface area contributed by atoms with Gasteiger partial charge in [0.1, 0.15) is 5.82 Å². The van der Waals surface area contributed by atoms with Crippen molar-refractivity contribution in [3.63, 3.8) is 0 Å². The summed E-state index contributed by atoms with van der Waals surface area (Å²) in [4.78, 5) is 15.1. The number of carbonyl (C=O) groups excluding carboxylic acids is 1. The first-order chi connectivity index (χ1) is 9.08. The molecular formula is C15H16FNOS. The van der Waals surface area contributed by atoms with Gasteiger partial charge in [-0.2, -0.15) is 0 Å². The Balaban J connectivity index is 1.99. The smallest absolute Gasteiger partial charge is 0.264 e. The maximum Gasteiger partial charge on any atom is 0.264 e. The molecule has 100 valence electrons. The molecule has 0 saturated heterocycles. The Labute approximate surface area is 115 Å². The molecule has 1 fully saturated rings. The maximum atomic E-state index is 13.7. The van der Waals surface area contributed by atoms with Gasteiger partial charge in [-0.1, -0.05) is 6.07 Å². The fraction of sp³-hybridized carbons (Fsp3) is 0.400. The summed E-state index contributed by atoms with van der Waals surface area (Å²) >= 11 is 1.38. The van der Waals surface area contributed by atoms with Crippen LogP contribution in [-0.4, -0.2) is 22.9 Å². The average Bonchev–Trinajstić information content (AvgIpc) is 3.07. The van der Waals surface area contributed by atoms with Crippen LogP contribution in [0.1, 0.15) is 36.4 Å². The van der Waals surface area contributed by atoms with Crippen LogP contribution in [0.4, 0.5) is 4.39 Å². The fourth-order valence-electron chi connectivity index (χ4n) is 2.43. The zero-order valence-electron chi connectivity index (χ0n) is 11.0. The highest BCUT2D eigenvalue weighted by Gasteiger charge is 2.35. The topological polar surface area (TPSA) is 20.3 Å². The van der Waals surface area contributed by atoms with E-state index in [2.05, 4.69) is 0 Å². The van der Waals surface area contributed by atoms with E-state index < -0.39 is 0 Å². The van der Waals surface area contributed by atoms with Gasteiger partial charge in [0.05, 0.1) is 4.88 Å². The first-order valence-electron chi connectivity index (χ1n) is 6.58. The van der Waals surface area contributed by atoms with Crippen molar-refractivity contribution in [2.45, 2.75) is 38.8 Å². The SMILES string of the molecule is CC(C)N(C(=O)c1cc2c(F)cccc2s1)C1CC1. The first kappa shape index (κ1) is 12.6. The molecular weight excluding hydrogens is 261 g/mol. The molecule has 19 heavy (non-hydrogen) atoms. The van der Waals surface area contributed by atoms with Crippen molar-refractivity contribution in [2.24, 2.45) is 0 Å². The van der Waals surface area contributed by atoms with Gasteiger partial charge in [-0.25, -0.2) is 4.39 Å². The van der Waals surface area contributed by atoms with Gasteiger partial charge in [0.2, 0.25) is 0 Å². The fourth-order valence-corrected chi connectivity index (χ4v) is 3.45. The maximum absolute atomic E-state index is 13.7. The van der Waals surface area contributed by atoms with E-state index in [4.69, 9.17) is 0 Å². The molecule has 0 N–H and O–H groups in total. The molecule has 0 bridgehead atoms. The van der Waals surface area contributed by atoms with Crippen LogP contribution in [0.2, 0.25) is 0 Å². The Hall–Kier alpha value is -1.42. The molecule has 2 aromatic rings. The molecule has 1 aliphatic carbocycles. The number of hydrogen-bond donors (Lipinski definition) is 0. The minimum atomic E-state index is -0.254. The van der Waals surface area contributed by atoms with Crippen LogP contribution in [0.25, 0.3) is 10.1 Å². The van der Waals surface area contributed by atoms with Crippen molar-refractivity contribution in [1.82, 2.24) is 4.90 Å². The van der Waals surface area contributed by atoms with E-state index >= 15 is 0 Å². The molecule has 0 unspecified atom stereocenters. The zero-order chi connectivity index (χ0) is 13.6. The lowest BCUT2D eigenvalue weighted by atomic mass is 10.2. The van der Waals surface area contributed by atoms with Gasteiger partial charge in [0.15, 0.2) is 0 Å². The third-order valence-corrected chi connectivity index (χ3v) is 4.54. The van der Waals surface area contributed by atoms with Crippen molar-refractivity contribution in [3.8, 4) is 0 Å². The monoisotopic (exact) mass is 277 g/mol. The van der Waals surface area contributed by atoms with E-state index in [9.17, 15) is 9.18 Å². The van der Waals surface area contributed by atoms with Crippen molar-refractivity contribution in [2.75, 3.05) is 0 Å². The molecule has 1 heterocycles. The van der Waals surface area contributed by atoms with Crippen LogP contribution in [0.3, 0.4) is 0 Å². The number of nitrogens with zero attached hydrogens (tertiary/aromatic N) is 1. The molecule has 0 atom stereocenters. The molecule has 2 nitrogen and oxygen atoms in total. The number of thiophene rings is 1. The Morgan fingerprint density at radius 3 is 2.74 bits per heavy atom. The van der Waals surface area contributed by atoms with Gasteiger partial charge in [-0.15, -0.1) is 11.3 Å². The molecule has 0 radical (unpaired) electrons. The highest BCUT2D eigenvalue weighted by molar-refractivity contribution is 7.20. The Bertz CT molecular complexity index is 628. The van der Waals surface area contributed by atoms with E-state index in [1.54, 1.807) is 12.1 Å². The summed E-state index contributed by atoms with van der Waals surface area (Å²) in [6.07, 6.45) is 2.17. The summed E-state index contributed by atoms with van der Waals surface area (Å²) in [5.74, 6) is -0.214. The third kappa shape index (κ3) is 2.25. The average molecular weight is 277 g/mol. The van der Waals surface area contributed by atoms with E-state index in [0.29, 0.717) is 16.3 Å². The van der Waals surface area contributed by atoms with Crippen molar-refractivity contribution in [1.29, 1.82) is 0 Å². The van der Waals surface area contributed by atoms with Gasteiger partial charge in [0, 0.05) is 22.2 Å². The predicted molar refractivity (Wildman–Crippen MR) is 76.1 cm³/mol. The van der Waals surface area contributed by atoms with E-state index in [-0.39, 0.29) is 17.8 Å². The van der Waals surface area contributed by atoms with Crippen LogP contribution in [0.5, 0.6) is 0 Å². The lowest BCUT2D eigenvalue weighted by Crippen LogP contribution is -2.38. The van der Waals surface area contributed by atoms with Crippen molar-refractivity contribution < 1.29 is 9.18 Å². The highest BCUT2D eigenvalue weighted by Crippen LogP contribution is 2.33. The number of benzene rings is 1. The van der Waals surface area contributed by atoms with Crippen LogP contribution in [-0.2, 0) is 0 Å². The number of carbonyl (C=O) groups is 1. The molecule has 1 aliphatic rings. The number of amides is 1. The van der Waals surface area contributed by atoms with Crippen LogP contribution in [0, 0.1) is 5.82 Å². The summed E-state index contributed by atoms with van der Waals surface area (Å²) in [7, 11) is 0. The minimum Gasteiger partial charge on any atom is -0.333 e. The molecule has 1 saturated carbocycles. The summed E-state index contributed by atoms with van der Waals surface area (Å²) in [6.45, 7) is 4.06. The van der Waals surface area contributed by atoms with E-state index in [0.717, 1.165) is 17.5 Å². The molecule has 4 heteroatoms. The molecule has 0 aliphatic heterocycles. The second-order valence-corrected chi connectivity index (χ2v) is 6.38. The lowest BCUT2D eigenvalue weighted by molar-refractivity contribution is 0.0695. The zero-order valence-corrected chi connectivity index (χ0v) is 11.8. The summed E-state index contributed by atoms with van der Waals surface area (Å²) < 4.78 is 14.5. The Kier molecular flexibility index (Phi) is 3.05. The van der Waals surface area contributed by atoms with Gasteiger partial charge in [0.25, 0.3) is 5.91 Å². The second kappa shape index (κ2) is 4.60. The van der Waals surface area contributed by atoms with Crippen molar-refractivity contribution in [3.05, 3.63) is 35.0 Å². The lowest BCUT2D eigenvalue weighted by Gasteiger charge is -2.26. The Morgan fingerprint density at radius 2 is 2.16 bits per heavy atom. The first-order valence-corrected chi connectivity index (χ1v) is 7.40. The van der Waals surface area contributed by atoms with E-state index in [1.165, 1.54) is 17.4 Å². The van der Waals surface area contributed by atoms with Gasteiger partial charge >= 0.3 is 0 Å². The highest BCUT2D eigenvalue weighted by atomic mass is 32.1. The molecule has 3 rings (SSSR count). The quantitative estimate of drug-likeness (QED) is 0.828. The standard InChI is InChI=1S/C15H16FNOS/c1-9(2)17(10-6-7-10)15(18)14-8-11-12(16)4-3-5-13(11)19-14/h3-5,8-10H,6-7H2,1-2H3. The Morgan fingerprint density at radius 1 is 1.42 bits per heavy atom. The molecule has 0 spiro atoms. The normalized spacial score (nSPS) is 15.2. The molecule has 1 aromatic carbocycles. The molecule has 1 amide bonds. The van der Waals surface area contributed by atoms with Gasteiger partial charge in [-0.3, -0.25) is 4.79 Å². The number of fused-ring (bicyclic) bond motifs is 1. The van der Waals surface area contributed by atoms with Gasteiger partial charge in [-0.05, 0) is 44.9 Å². The number of halogens is 1. The van der Waals surface area contributed by atoms with E-state index in [1.807, 2.05) is 24.8 Å². The summed E-state index contributed by atoms with van der Waals surface area (Å²) in [5, 5.41) is 0.551. The van der Waals surface area contributed by atoms with Crippen LogP contribution < -0.4 is 0 Å². The van der Waals surface area contributed by atoms with Gasteiger partial charge < -0.3 is 4.90 Å². The summed E-state index contributed by atoms with van der Waals surface area (Å²) in [5.41, 5.74) is 0. The molecule has 1 aromatic heterocycles. The number of rotatable bonds is 3. The van der Waals surface area contributed by atoms with Crippen molar-refractivity contribution >= 4 is 27.3 Å². The van der Waals surface area contributed by atoms with Crippen LogP contribution in [0.15, 0.2) is 24.3 Å². The van der Waals surface area contributed by atoms with Crippen LogP contribution >= 0.6 is 11.3 Å².